The molecule has 0 spiro atoms. The van der Waals surface area contributed by atoms with E-state index in [4.69, 9.17) is 4.74 Å². The molecule has 4 rings (SSSR count). The Morgan fingerprint density at radius 3 is 2.79 bits per heavy atom. The first-order valence-electron chi connectivity index (χ1n) is 10.2. The molecule has 1 N–H and O–H groups in total. The monoisotopic (exact) mass is 384 g/mol. The molecule has 0 radical (unpaired) electrons. The van der Waals surface area contributed by atoms with Crippen molar-refractivity contribution < 1.29 is 24.2 Å². The molecular weight excluding hydrogens is 356 g/mol. The Bertz CT molecular complexity index is 834. The maximum Gasteiger partial charge on any atom is 0.303 e. The van der Waals surface area contributed by atoms with E-state index in [2.05, 4.69) is 13.8 Å². The lowest BCUT2D eigenvalue weighted by atomic mass is 9.47. The van der Waals surface area contributed by atoms with E-state index < -0.39 is 17.5 Å². The molecule has 5 nitrogen and oxygen atoms in total. The summed E-state index contributed by atoms with van der Waals surface area (Å²) in [7, 11) is 0. The zero-order chi connectivity index (χ0) is 20.3. The number of ketones is 2. The molecule has 4 aliphatic carbocycles. The predicted molar refractivity (Wildman–Crippen MR) is 103 cm³/mol. The van der Waals surface area contributed by atoms with Gasteiger partial charge in [0.2, 0.25) is 0 Å². The molecule has 0 unspecified atom stereocenters. The maximum atomic E-state index is 12.7. The van der Waals surface area contributed by atoms with Crippen LogP contribution >= 0.6 is 0 Å². The number of hydrogen-bond acceptors (Lipinski definition) is 5. The van der Waals surface area contributed by atoms with E-state index in [9.17, 15) is 19.5 Å². The number of ether oxygens (including phenoxy) is 1. The van der Waals surface area contributed by atoms with E-state index in [0.717, 1.165) is 24.8 Å². The molecule has 0 heterocycles. The molecule has 5 heteroatoms. The summed E-state index contributed by atoms with van der Waals surface area (Å²) in [6.45, 7) is 5.28. The molecule has 4 aliphatic rings. The summed E-state index contributed by atoms with van der Waals surface area (Å²) in [6.07, 6.45) is 9.91. The standard InChI is InChI=1S/C23H28O5/c1-13(24)28-12-20(27)18-7-6-17-16-5-4-14-10-15(25)8-9-22(14,2)21(16)19(26)11-23(17,18)3/h7-10,16-17,19,21,26H,4-6,11-12H2,1-3H3/t16-,17+,19+,21-,22+,23+/m1/s1. The van der Waals surface area contributed by atoms with Crippen LogP contribution in [0.3, 0.4) is 0 Å². The fourth-order valence-electron chi connectivity index (χ4n) is 6.57. The normalized spacial score (nSPS) is 41.4. The Kier molecular flexibility index (Phi) is 4.49. The van der Waals surface area contributed by atoms with Crippen molar-refractivity contribution in [3.05, 3.63) is 35.5 Å². The molecule has 2 fully saturated rings. The van der Waals surface area contributed by atoms with Crippen molar-refractivity contribution in [3.63, 3.8) is 0 Å². The number of allylic oxidation sites excluding steroid dienone is 5. The maximum absolute atomic E-state index is 12.7. The van der Waals surface area contributed by atoms with Crippen LogP contribution in [0, 0.1) is 28.6 Å². The highest BCUT2D eigenvalue weighted by Gasteiger charge is 2.60. The molecule has 2 saturated carbocycles. The summed E-state index contributed by atoms with van der Waals surface area (Å²) >= 11 is 0. The highest BCUT2D eigenvalue weighted by atomic mass is 16.5. The Labute approximate surface area is 165 Å². The molecule has 0 aromatic heterocycles. The minimum atomic E-state index is -0.555. The van der Waals surface area contributed by atoms with Gasteiger partial charge in [-0.2, -0.15) is 0 Å². The summed E-state index contributed by atoms with van der Waals surface area (Å²) in [4.78, 5) is 35.7. The first-order chi connectivity index (χ1) is 13.2. The lowest BCUT2D eigenvalue weighted by Gasteiger charge is -2.58. The summed E-state index contributed by atoms with van der Waals surface area (Å²) in [5.74, 6) is 0.0194. The van der Waals surface area contributed by atoms with E-state index >= 15 is 0 Å². The minimum absolute atomic E-state index is 0.0296. The fraction of sp³-hybridized carbons (Fsp3) is 0.609. The average Bonchev–Trinajstić information content (AvgIpc) is 2.96. The number of esters is 1. The van der Waals surface area contributed by atoms with Crippen LogP contribution in [0.1, 0.15) is 46.5 Å². The quantitative estimate of drug-likeness (QED) is 0.757. The number of Topliss-reactive ketones (excluding diaryl/α,β-unsaturated/α-hetero) is 1. The van der Waals surface area contributed by atoms with Crippen molar-refractivity contribution in [1.29, 1.82) is 0 Å². The molecule has 28 heavy (non-hydrogen) atoms. The Morgan fingerprint density at radius 1 is 1.32 bits per heavy atom. The molecule has 0 aromatic rings. The Balaban J connectivity index is 1.63. The van der Waals surface area contributed by atoms with Gasteiger partial charge in [0.1, 0.15) is 0 Å². The van der Waals surface area contributed by atoms with Crippen molar-refractivity contribution in [2.75, 3.05) is 6.61 Å². The number of aliphatic hydroxyl groups excluding tert-OH is 1. The number of carbonyl (C=O) groups is 3. The molecule has 150 valence electrons. The van der Waals surface area contributed by atoms with Crippen LogP contribution in [0.15, 0.2) is 35.5 Å². The zero-order valence-corrected chi connectivity index (χ0v) is 16.7. The molecule has 0 aliphatic heterocycles. The molecule has 0 bridgehead atoms. The number of rotatable bonds is 3. The largest absolute Gasteiger partial charge is 0.457 e. The van der Waals surface area contributed by atoms with Crippen LogP contribution in [0.2, 0.25) is 0 Å². The first kappa shape index (κ1) is 19.3. The van der Waals surface area contributed by atoms with E-state index in [1.54, 1.807) is 12.2 Å². The second-order valence-electron chi connectivity index (χ2n) is 9.27. The van der Waals surface area contributed by atoms with Crippen LogP contribution in [0.5, 0.6) is 0 Å². The third kappa shape index (κ3) is 2.74. The van der Waals surface area contributed by atoms with Crippen LogP contribution in [0.25, 0.3) is 0 Å². The average molecular weight is 384 g/mol. The topological polar surface area (TPSA) is 80.7 Å². The third-order valence-electron chi connectivity index (χ3n) is 7.78. The van der Waals surface area contributed by atoms with E-state index in [0.29, 0.717) is 12.0 Å². The van der Waals surface area contributed by atoms with Gasteiger partial charge in [-0.1, -0.05) is 31.6 Å². The molecular formula is C23H28O5. The zero-order valence-electron chi connectivity index (χ0n) is 16.7. The summed E-state index contributed by atoms with van der Waals surface area (Å²) in [5, 5.41) is 11.2. The predicted octanol–water partition coefficient (Wildman–Crippen LogP) is 2.93. The van der Waals surface area contributed by atoms with Crippen molar-refractivity contribution >= 4 is 17.5 Å². The van der Waals surface area contributed by atoms with Gasteiger partial charge in [-0.05, 0) is 49.7 Å². The van der Waals surface area contributed by atoms with Crippen LogP contribution in [-0.4, -0.2) is 35.4 Å². The van der Waals surface area contributed by atoms with Gasteiger partial charge in [-0.25, -0.2) is 0 Å². The molecule has 0 saturated heterocycles. The number of aliphatic hydroxyl groups is 1. The van der Waals surface area contributed by atoms with Crippen LogP contribution < -0.4 is 0 Å². The fourth-order valence-corrected chi connectivity index (χ4v) is 6.57. The summed E-state index contributed by atoms with van der Waals surface area (Å²) < 4.78 is 4.93. The van der Waals surface area contributed by atoms with E-state index in [1.165, 1.54) is 6.92 Å². The third-order valence-corrected chi connectivity index (χ3v) is 7.78. The van der Waals surface area contributed by atoms with E-state index in [1.807, 2.05) is 12.2 Å². The molecule has 6 atom stereocenters. The van der Waals surface area contributed by atoms with Gasteiger partial charge in [0.25, 0.3) is 0 Å². The van der Waals surface area contributed by atoms with Gasteiger partial charge < -0.3 is 9.84 Å². The number of fused-ring (bicyclic) bond motifs is 5. The van der Waals surface area contributed by atoms with Gasteiger partial charge in [0, 0.05) is 29.2 Å². The van der Waals surface area contributed by atoms with Crippen molar-refractivity contribution in [3.8, 4) is 0 Å². The molecule has 0 amide bonds. The van der Waals surface area contributed by atoms with Crippen molar-refractivity contribution in [2.24, 2.45) is 28.6 Å². The number of carbonyl (C=O) groups excluding carboxylic acids is 3. The van der Waals surface area contributed by atoms with Gasteiger partial charge in [0.05, 0.1) is 6.10 Å². The van der Waals surface area contributed by atoms with Gasteiger partial charge >= 0.3 is 5.97 Å². The highest BCUT2D eigenvalue weighted by molar-refractivity contribution is 6.01. The smallest absolute Gasteiger partial charge is 0.303 e. The number of hydrogen-bond donors (Lipinski definition) is 1. The van der Waals surface area contributed by atoms with Gasteiger partial charge in [-0.15, -0.1) is 0 Å². The SMILES string of the molecule is CC(=O)OCC(=O)C1=CC[C@H]2[C@H]3CCC4=CC(=O)C=C[C@]4(C)[C@H]3[C@@H](O)C[C@]12C. The minimum Gasteiger partial charge on any atom is -0.457 e. The summed E-state index contributed by atoms with van der Waals surface area (Å²) in [6, 6.07) is 0. The lowest BCUT2D eigenvalue weighted by molar-refractivity contribution is -0.145. The molecule has 0 aromatic carbocycles. The van der Waals surface area contributed by atoms with E-state index in [-0.39, 0.29) is 41.3 Å². The Hall–Kier alpha value is -2.01. The second kappa shape index (κ2) is 6.51. The Morgan fingerprint density at radius 2 is 2.07 bits per heavy atom. The lowest BCUT2D eigenvalue weighted by Crippen LogP contribution is -2.55. The van der Waals surface area contributed by atoms with Crippen LogP contribution in [0.4, 0.5) is 0 Å². The summed E-state index contributed by atoms with van der Waals surface area (Å²) in [5.41, 5.74) is 1.13. The van der Waals surface area contributed by atoms with Crippen molar-refractivity contribution in [2.45, 2.75) is 52.6 Å². The first-order valence-corrected chi connectivity index (χ1v) is 10.2. The second-order valence-corrected chi connectivity index (χ2v) is 9.27. The highest BCUT2D eigenvalue weighted by Crippen LogP contribution is 2.64. The van der Waals surface area contributed by atoms with Gasteiger partial charge in [0.15, 0.2) is 18.2 Å². The van der Waals surface area contributed by atoms with Gasteiger partial charge in [-0.3, -0.25) is 14.4 Å². The van der Waals surface area contributed by atoms with Crippen molar-refractivity contribution in [1.82, 2.24) is 0 Å². The van der Waals surface area contributed by atoms with Crippen LogP contribution in [-0.2, 0) is 19.1 Å².